The number of nitrogens with two attached hydrogens (primary N) is 1. The molecule has 0 atom stereocenters. The lowest BCUT2D eigenvalue weighted by molar-refractivity contribution is -0.123. The number of aromatic nitrogens is 1. The summed E-state index contributed by atoms with van der Waals surface area (Å²) in [4.78, 5) is 31.5. The van der Waals surface area contributed by atoms with Gasteiger partial charge in [-0.25, -0.2) is 14.1 Å². The first kappa shape index (κ1) is 19.3. The van der Waals surface area contributed by atoms with Crippen molar-refractivity contribution in [1.29, 1.82) is 0 Å². The number of aryl methyl sites for hydroxylation is 2. The number of benzene rings is 1. The van der Waals surface area contributed by atoms with Crippen LogP contribution in [0.1, 0.15) is 22.6 Å². The van der Waals surface area contributed by atoms with Gasteiger partial charge in [0.25, 0.3) is 5.91 Å². The maximum absolute atomic E-state index is 13.9. The Morgan fingerprint density at radius 1 is 1.36 bits per heavy atom. The summed E-state index contributed by atoms with van der Waals surface area (Å²) >= 11 is 0. The minimum absolute atomic E-state index is 0.0121. The summed E-state index contributed by atoms with van der Waals surface area (Å²) < 4.78 is 18.9. The number of carbonyl (C=O) groups excluding carboxylic acids is 2. The predicted octanol–water partition coefficient (Wildman–Crippen LogP) is 2.27. The molecule has 0 aliphatic carbocycles. The first-order chi connectivity index (χ1) is 13.4. The molecule has 28 heavy (non-hydrogen) atoms. The number of imide groups is 1. The van der Waals surface area contributed by atoms with Crippen molar-refractivity contribution in [2.24, 2.45) is 10.7 Å². The van der Waals surface area contributed by atoms with Crippen molar-refractivity contribution in [2.75, 3.05) is 6.54 Å². The van der Waals surface area contributed by atoms with Crippen molar-refractivity contribution in [3.05, 3.63) is 64.6 Å². The quantitative estimate of drug-likeness (QED) is 0.607. The maximum Gasteiger partial charge on any atom is 0.332 e. The Morgan fingerprint density at radius 2 is 2.11 bits per heavy atom. The molecule has 0 radical (unpaired) electrons. The zero-order chi connectivity index (χ0) is 20.3. The number of allylic oxidation sites excluding steroid dienone is 1. The van der Waals surface area contributed by atoms with E-state index in [9.17, 15) is 14.0 Å². The Labute approximate surface area is 161 Å². The van der Waals surface area contributed by atoms with E-state index in [4.69, 9.17) is 10.3 Å². The Bertz CT molecular complexity index is 947. The second-order valence-electron chi connectivity index (χ2n) is 6.32. The van der Waals surface area contributed by atoms with Gasteiger partial charge < -0.3 is 15.2 Å². The molecule has 0 bridgehead atoms. The van der Waals surface area contributed by atoms with Crippen LogP contribution in [0.2, 0.25) is 0 Å². The van der Waals surface area contributed by atoms with Crippen LogP contribution in [0.15, 0.2) is 45.7 Å². The molecule has 146 valence electrons. The van der Waals surface area contributed by atoms with Crippen LogP contribution in [-0.4, -0.2) is 39.7 Å². The minimum atomic E-state index is -0.575. The largest absolute Gasteiger partial charge is 0.403 e. The molecule has 3 amide bonds. The number of amides is 3. The first-order valence-corrected chi connectivity index (χ1v) is 8.61. The van der Waals surface area contributed by atoms with E-state index in [2.05, 4.69) is 10.1 Å². The highest BCUT2D eigenvalue weighted by Gasteiger charge is 2.38. The van der Waals surface area contributed by atoms with Crippen LogP contribution >= 0.6 is 0 Å². The van der Waals surface area contributed by atoms with Crippen LogP contribution in [0.5, 0.6) is 0 Å². The van der Waals surface area contributed by atoms with Crippen LogP contribution in [0.3, 0.4) is 0 Å². The number of urea groups is 1. The van der Waals surface area contributed by atoms with Gasteiger partial charge in [0.05, 0.1) is 24.5 Å². The summed E-state index contributed by atoms with van der Waals surface area (Å²) in [6.07, 6.45) is 2.49. The first-order valence-electron chi connectivity index (χ1n) is 8.61. The topological polar surface area (TPSA) is 105 Å². The molecule has 9 heteroatoms. The van der Waals surface area contributed by atoms with E-state index < -0.39 is 17.8 Å². The normalized spacial score (nSPS) is 15.3. The molecule has 0 saturated carbocycles. The molecule has 0 unspecified atom stereocenters. The average Bonchev–Trinajstić information content (AvgIpc) is 3.13. The third kappa shape index (κ3) is 3.78. The van der Waals surface area contributed by atoms with E-state index in [-0.39, 0.29) is 25.3 Å². The number of halogens is 1. The van der Waals surface area contributed by atoms with Gasteiger partial charge in [-0.15, -0.1) is 0 Å². The number of aliphatic imine (C=N–C) groups is 1. The lowest BCUT2D eigenvalue weighted by atomic mass is 10.2. The number of hydrogen-bond acceptors (Lipinski definition) is 6. The molecule has 1 aromatic carbocycles. The second kappa shape index (κ2) is 8.03. The van der Waals surface area contributed by atoms with Gasteiger partial charge in [0.1, 0.15) is 18.1 Å². The van der Waals surface area contributed by atoms with E-state index in [1.807, 2.05) is 0 Å². The molecule has 1 aliphatic heterocycles. The van der Waals surface area contributed by atoms with Crippen molar-refractivity contribution >= 4 is 18.2 Å². The van der Waals surface area contributed by atoms with Crippen molar-refractivity contribution < 1.29 is 18.5 Å². The van der Waals surface area contributed by atoms with E-state index in [1.165, 1.54) is 17.2 Å². The highest BCUT2D eigenvalue weighted by atomic mass is 19.1. The van der Waals surface area contributed by atoms with Crippen LogP contribution in [0, 0.1) is 19.7 Å². The van der Waals surface area contributed by atoms with Crippen LogP contribution in [0.25, 0.3) is 0 Å². The zero-order valence-electron chi connectivity index (χ0n) is 15.6. The van der Waals surface area contributed by atoms with Crippen LogP contribution in [-0.2, 0) is 17.9 Å². The SMILES string of the molecule is Cc1noc(C)c1CN=CC(=CN)N1C(=O)CN(Cc2ccccc2F)C1=O. The molecule has 2 N–H and O–H groups in total. The highest BCUT2D eigenvalue weighted by Crippen LogP contribution is 2.20. The van der Waals surface area contributed by atoms with Gasteiger partial charge in [0.2, 0.25) is 0 Å². The molecule has 1 saturated heterocycles. The fraction of sp³-hybridized carbons (Fsp3) is 0.263. The molecular weight excluding hydrogens is 365 g/mol. The second-order valence-corrected chi connectivity index (χ2v) is 6.32. The third-order valence-electron chi connectivity index (χ3n) is 4.44. The van der Waals surface area contributed by atoms with E-state index in [1.54, 1.807) is 32.0 Å². The lowest BCUT2D eigenvalue weighted by Gasteiger charge is -2.17. The third-order valence-corrected chi connectivity index (χ3v) is 4.44. The molecule has 1 aromatic heterocycles. The molecule has 2 heterocycles. The predicted molar refractivity (Wildman–Crippen MR) is 99.5 cm³/mol. The van der Waals surface area contributed by atoms with Gasteiger partial charge in [-0.3, -0.25) is 9.79 Å². The molecule has 1 fully saturated rings. The van der Waals surface area contributed by atoms with Crippen molar-refractivity contribution in [3.63, 3.8) is 0 Å². The van der Waals surface area contributed by atoms with E-state index in [0.29, 0.717) is 11.3 Å². The Hall–Kier alpha value is -3.49. The summed E-state index contributed by atoms with van der Waals surface area (Å²) in [5.41, 5.74) is 7.64. The maximum atomic E-state index is 13.9. The van der Waals surface area contributed by atoms with Crippen molar-refractivity contribution in [3.8, 4) is 0 Å². The van der Waals surface area contributed by atoms with E-state index in [0.717, 1.165) is 22.4 Å². The van der Waals surface area contributed by atoms with Gasteiger partial charge in [0.15, 0.2) is 0 Å². The van der Waals surface area contributed by atoms with Crippen molar-refractivity contribution in [1.82, 2.24) is 15.0 Å². The van der Waals surface area contributed by atoms with Crippen LogP contribution < -0.4 is 5.73 Å². The Morgan fingerprint density at radius 3 is 2.75 bits per heavy atom. The Balaban J connectivity index is 1.72. The standard InChI is InChI=1S/C19H20FN5O3/c1-12-16(13(2)28-23-12)9-22-8-15(7-21)25-18(26)11-24(19(25)27)10-14-5-3-4-6-17(14)20/h3-8H,9-11,21H2,1-2H3. The van der Waals surface area contributed by atoms with Gasteiger partial charge >= 0.3 is 6.03 Å². The van der Waals surface area contributed by atoms with E-state index >= 15 is 0 Å². The number of rotatable bonds is 6. The smallest absolute Gasteiger partial charge is 0.332 e. The number of nitrogens with zero attached hydrogens (tertiary/aromatic N) is 4. The summed E-state index contributed by atoms with van der Waals surface area (Å²) in [6, 6.07) is 5.54. The summed E-state index contributed by atoms with van der Waals surface area (Å²) in [5.74, 6) is -0.240. The lowest BCUT2D eigenvalue weighted by Crippen LogP contribution is -2.33. The number of hydrogen-bond donors (Lipinski definition) is 1. The highest BCUT2D eigenvalue weighted by molar-refractivity contribution is 6.07. The summed E-state index contributed by atoms with van der Waals surface area (Å²) in [7, 11) is 0. The summed E-state index contributed by atoms with van der Waals surface area (Å²) in [5, 5.41) is 3.85. The molecule has 8 nitrogen and oxygen atoms in total. The number of carbonyl (C=O) groups is 2. The van der Waals surface area contributed by atoms with Gasteiger partial charge in [-0.05, 0) is 19.9 Å². The molecular formula is C19H20FN5O3. The molecule has 3 rings (SSSR count). The molecule has 2 aromatic rings. The molecule has 1 aliphatic rings. The van der Waals surface area contributed by atoms with Gasteiger partial charge in [-0.2, -0.15) is 0 Å². The fourth-order valence-electron chi connectivity index (χ4n) is 2.89. The monoisotopic (exact) mass is 385 g/mol. The van der Waals surface area contributed by atoms with Gasteiger partial charge in [-0.1, -0.05) is 23.4 Å². The van der Waals surface area contributed by atoms with Gasteiger partial charge in [0, 0.05) is 23.5 Å². The Kier molecular flexibility index (Phi) is 5.53. The molecule has 0 spiro atoms. The zero-order valence-corrected chi connectivity index (χ0v) is 15.6. The van der Waals surface area contributed by atoms with Crippen molar-refractivity contribution in [2.45, 2.75) is 26.9 Å². The minimum Gasteiger partial charge on any atom is -0.403 e. The summed E-state index contributed by atoms with van der Waals surface area (Å²) in [6.45, 7) is 3.67. The fourth-order valence-corrected chi connectivity index (χ4v) is 2.89. The average molecular weight is 385 g/mol. The van der Waals surface area contributed by atoms with Crippen LogP contribution in [0.4, 0.5) is 9.18 Å².